The number of imidazole rings is 1. The van der Waals surface area contributed by atoms with E-state index in [0.29, 0.717) is 19.4 Å². The van der Waals surface area contributed by atoms with E-state index in [9.17, 15) is 4.79 Å². The molecule has 0 aliphatic rings. The predicted octanol–water partition coefficient (Wildman–Crippen LogP) is 0.996. The zero-order valence-corrected chi connectivity index (χ0v) is 8.40. The van der Waals surface area contributed by atoms with Crippen molar-refractivity contribution in [3.8, 4) is 12.1 Å². The fraction of sp³-hybridized carbons (Fsp3) is 0.400. The Morgan fingerprint density at radius 1 is 1.53 bits per heavy atom. The highest BCUT2D eigenvalue weighted by molar-refractivity contribution is 5.75. The van der Waals surface area contributed by atoms with Gasteiger partial charge in [-0.2, -0.15) is 10.5 Å². The van der Waals surface area contributed by atoms with Gasteiger partial charge in [0.25, 0.3) is 0 Å². The SMILES string of the molecule is CC(=O)CCCn1cnc(C#N)c1C#N. The van der Waals surface area contributed by atoms with Gasteiger partial charge in [0, 0.05) is 13.0 Å². The minimum absolute atomic E-state index is 0.120. The van der Waals surface area contributed by atoms with Gasteiger partial charge >= 0.3 is 0 Å². The molecular weight excluding hydrogens is 192 g/mol. The lowest BCUT2D eigenvalue weighted by Gasteiger charge is -2.01. The molecule has 0 amide bonds. The molecule has 0 aliphatic heterocycles. The van der Waals surface area contributed by atoms with E-state index in [2.05, 4.69) is 4.98 Å². The quantitative estimate of drug-likeness (QED) is 0.729. The number of carbonyl (C=O) groups excluding carboxylic acids is 1. The molecular formula is C10H10N4O. The fourth-order valence-electron chi connectivity index (χ4n) is 1.25. The summed E-state index contributed by atoms with van der Waals surface area (Å²) in [7, 11) is 0. The number of carbonyl (C=O) groups is 1. The summed E-state index contributed by atoms with van der Waals surface area (Å²) in [5.74, 6) is 0.120. The van der Waals surface area contributed by atoms with Crippen LogP contribution in [0.5, 0.6) is 0 Å². The summed E-state index contributed by atoms with van der Waals surface area (Å²) in [6.45, 7) is 2.07. The monoisotopic (exact) mass is 202 g/mol. The number of ketones is 1. The number of hydrogen-bond donors (Lipinski definition) is 0. The molecule has 1 aromatic rings. The summed E-state index contributed by atoms with van der Waals surface area (Å²) < 4.78 is 1.60. The van der Waals surface area contributed by atoms with Crippen molar-refractivity contribution in [3.63, 3.8) is 0 Å². The molecule has 0 saturated carbocycles. The summed E-state index contributed by atoms with van der Waals surface area (Å²) in [5, 5.41) is 17.4. The summed E-state index contributed by atoms with van der Waals surface area (Å²) in [4.78, 5) is 14.5. The Balaban J connectivity index is 2.71. The average Bonchev–Trinajstić information content (AvgIpc) is 2.59. The highest BCUT2D eigenvalue weighted by Gasteiger charge is 2.09. The van der Waals surface area contributed by atoms with Gasteiger partial charge in [-0.05, 0) is 13.3 Å². The summed E-state index contributed by atoms with van der Waals surface area (Å²) in [6, 6.07) is 3.77. The van der Waals surface area contributed by atoms with Crippen molar-refractivity contribution in [2.45, 2.75) is 26.3 Å². The third kappa shape index (κ3) is 2.65. The molecule has 0 N–H and O–H groups in total. The van der Waals surface area contributed by atoms with Gasteiger partial charge in [0.2, 0.25) is 0 Å². The first-order valence-electron chi connectivity index (χ1n) is 4.53. The zero-order valence-electron chi connectivity index (χ0n) is 8.40. The van der Waals surface area contributed by atoms with Crippen LogP contribution in [0, 0.1) is 22.7 Å². The minimum atomic E-state index is 0.120. The smallest absolute Gasteiger partial charge is 0.176 e. The van der Waals surface area contributed by atoms with E-state index in [1.165, 1.54) is 13.3 Å². The van der Waals surface area contributed by atoms with Crippen LogP contribution < -0.4 is 0 Å². The van der Waals surface area contributed by atoms with Crippen molar-refractivity contribution in [3.05, 3.63) is 17.7 Å². The van der Waals surface area contributed by atoms with E-state index in [0.717, 1.165) is 0 Å². The Labute approximate surface area is 87.6 Å². The molecule has 0 fully saturated rings. The van der Waals surface area contributed by atoms with Crippen LogP contribution in [0.3, 0.4) is 0 Å². The second kappa shape index (κ2) is 4.92. The average molecular weight is 202 g/mol. The van der Waals surface area contributed by atoms with Crippen LogP contribution >= 0.6 is 0 Å². The second-order valence-electron chi connectivity index (χ2n) is 3.16. The largest absolute Gasteiger partial charge is 0.321 e. The molecule has 0 spiro atoms. The van der Waals surface area contributed by atoms with Gasteiger partial charge in [-0.25, -0.2) is 4.98 Å². The van der Waals surface area contributed by atoms with Crippen LogP contribution in [-0.2, 0) is 11.3 Å². The van der Waals surface area contributed by atoms with Crippen molar-refractivity contribution < 1.29 is 4.79 Å². The lowest BCUT2D eigenvalue weighted by atomic mass is 10.2. The first-order valence-corrected chi connectivity index (χ1v) is 4.53. The number of nitriles is 2. The van der Waals surface area contributed by atoms with Gasteiger partial charge in [0.1, 0.15) is 17.9 Å². The van der Waals surface area contributed by atoms with Crippen molar-refractivity contribution in [1.29, 1.82) is 10.5 Å². The number of rotatable bonds is 4. The van der Waals surface area contributed by atoms with Crippen LogP contribution in [0.25, 0.3) is 0 Å². The van der Waals surface area contributed by atoms with E-state index in [4.69, 9.17) is 10.5 Å². The number of hydrogen-bond acceptors (Lipinski definition) is 4. The van der Waals surface area contributed by atoms with Crippen LogP contribution in [-0.4, -0.2) is 15.3 Å². The van der Waals surface area contributed by atoms with Gasteiger partial charge in [0.15, 0.2) is 11.4 Å². The highest BCUT2D eigenvalue weighted by atomic mass is 16.1. The Hall–Kier alpha value is -2.14. The molecule has 0 unspecified atom stereocenters. The first-order chi connectivity index (χ1) is 7.19. The molecule has 0 aromatic carbocycles. The predicted molar refractivity (Wildman–Crippen MR) is 51.6 cm³/mol. The van der Waals surface area contributed by atoms with Gasteiger partial charge in [-0.3, -0.25) is 0 Å². The Bertz CT molecular complexity index is 447. The van der Waals surface area contributed by atoms with E-state index >= 15 is 0 Å². The van der Waals surface area contributed by atoms with E-state index in [1.807, 2.05) is 12.1 Å². The van der Waals surface area contributed by atoms with Crippen molar-refractivity contribution >= 4 is 5.78 Å². The first kappa shape index (κ1) is 10.9. The molecule has 76 valence electrons. The van der Waals surface area contributed by atoms with Crippen molar-refractivity contribution in [2.75, 3.05) is 0 Å². The molecule has 1 rings (SSSR count). The summed E-state index contributed by atoms with van der Waals surface area (Å²) in [5.41, 5.74) is 0.404. The molecule has 0 saturated heterocycles. The standard InChI is InChI=1S/C10H10N4O/c1-8(15)3-2-4-14-7-13-9(5-11)10(14)6-12/h7H,2-4H2,1H3. The van der Waals surface area contributed by atoms with E-state index in [1.54, 1.807) is 4.57 Å². The number of nitrogens with zero attached hydrogens (tertiary/aromatic N) is 4. The van der Waals surface area contributed by atoms with Gasteiger partial charge in [-0.15, -0.1) is 0 Å². The molecule has 1 aromatic heterocycles. The minimum Gasteiger partial charge on any atom is -0.321 e. The van der Waals surface area contributed by atoms with E-state index in [-0.39, 0.29) is 17.2 Å². The molecule has 5 nitrogen and oxygen atoms in total. The van der Waals surface area contributed by atoms with E-state index < -0.39 is 0 Å². The normalized spacial score (nSPS) is 9.27. The second-order valence-corrected chi connectivity index (χ2v) is 3.16. The van der Waals surface area contributed by atoms with Crippen molar-refractivity contribution in [2.24, 2.45) is 0 Å². The fourth-order valence-corrected chi connectivity index (χ4v) is 1.25. The number of aryl methyl sites for hydroxylation is 1. The molecule has 0 radical (unpaired) electrons. The Morgan fingerprint density at radius 3 is 2.80 bits per heavy atom. The lowest BCUT2D eigenvalue weighted by Crippen LogP contribution is -2.02. The van der Waals surface area contributed by atoms with Gasteiger partial charge in [-0.1, -0.05) is 0 Å². The summed E-state index contributed by atoms with van der Waals surface area (Å²) >= 11 is 0. The van der Waals surface area contributed by atoms with Crippen LogP contribution in [0.4, 0.5) is 0 Å². The molecule has 0 atom stereocenters. The molecule has 1 heterocycles. The molecule has 15 heavy (non-hydrogen) atoms. The van der Waals surface area contributed by atoms with Gasteiger partial charge in [0.05, 0.1) is 6.33 Å². The van der Waals surface area contributed by atoms with Gasteiger partial charge < -0.3 is 9.36 Å². The van der Waals surface area contributed by atoms with Crippen LogP contribution in [0.15, 0.2) is 6.33 Å². The van der Waals surface area contributed by atoms with Crippen molar-refractivity contribution in [1.82, 2.24) is 9.55 Å². The molecule has 0 bridgehead atoms. The number of aromatic nitrogens is 2. The lowest BCUT2D eigenvalue weighted by molar-refractivity contribution is -0.117. The number of Topliss-reactive ketones (excluding diaryl/α,β-unsaturated/α-hetero) is 1. The molecule has 5 heteroatoms. The maximum absolute atomic E-state index is 10.7. The Morgan fingerprint density at radius 2 is 2.27 bits per heavy atom. The maximum atomic E-state index is 10.7. The zero-order chi connectivity index (χ0) is 11.3. The third-order valence-electron chi connectivity index (χ3n) is 1.98. The van der Waals surface area contributed by atoms with Crippen LogP contribution in [0.2, 0.25) is 0 Å². The maximum Gasteiger partial charge on any atom is 0.176 e. The topological polar surface area (TPSA) is 82.5 Å². The molecule has 0 aliphatic carbocycles. The highest BCUT2D eigenvalue weighted by Crippen LogP contribution is 2.06. The third-order valence-corrected chi connectivity index (χ3v) is 1.98. The summed E-state index contributed by atoms with van der Waals surface area (Å²) in [6.07, 6.45) is 2.59. The Kier molecular flexibility index (Phi) is 3.59. The van der Waals surface area contributed by atoms with Crippen LogP contribution in [0.1, 0.15) is 31.2 Å².